The SMILES string of the molecule is CCOC(=O)C(C)NC(=O)c1c[nH]c2ccc(N)cc12. The molecule has 2 rings (SSSR count). The summed E-state index contributed by atoms with van der Waals surface area (Å²) in [6.07, 6.45) is 1.59. The van der Waals surface area contributed by atoms with E-state index in [1.807, 2.05) is 0 Å². The van der Waals surface area contributed by atoms with Crippen LogP contribution in [0.15, 0.2) is 24.4 Å². The van der Waals surface area contributed by atoms with E-state index in [1.165, 1.54) is 0 Å². The highest BCUT2D eigenvalue weighted by Crippen LogP contribution is 2.20. The fraction of sp³-hybridized carbons (Fsp3) is 0.286. The van der Waals surface area contributed by atoms with Crippen LogP contribution < -0.4 is 11.1 Å². The Labute approximate surface area is 116 Å². The van der Waals surface area contributed by atoms with Gasteiger partial charge >= 0.3 is 5.97 Å². The quantitative estimate of drug-likeness (QED) is 0.581. The van der Waals surface area contributed by atoms with E-state index in [9.17, 15) is 9.59 Å². The maximum atomic E-state index is 12.2. The molecule has 0 aliphatic rings. The van der Waals surface area contributed by atoms with Gasteiger partial charge in [0.25, 0.3) is 5.91 Å². The van der Waals surface area contributed by atoms with Gasteiger partial charge in [0, 0.05) is 22.8 Å². The molecular weight excluding hydrogens is 258 g/mol. The molecule has 1 heterocycles. The van der Waals surface area contributed by atoms with E-state index in [-0.39, 0.29) is 12.5 Å². The predicted octanol–water partition coefficient (Wildman–Crippen LogP) is 1.43. The van der Waals surface area contributed by atoms with Crippen LogP contribution in [0.3, 0.4) is 0 Å². The lowest BCUT2D eigenvalue weighted by atomic mass is 10.1. The second-order valence-electron chi connectivity index (χ2n) is 4.45. The molecular formula is C14H17N3O3. The third kappa shape index (κ3) is 2.74. The number of ether oxygens (including phenoxy) is 1. The maximum absolute atomic E-state index is 12.2. The van der Waals surface area contributed by atoms with Crippen molar-refractivity contribution in [1.29, 1.82) is 0 Å². The zero-order valence-electron chi connectivity index (χ0n) is 11.4. The van der Waals surface area contributed by atoms with Gasteiger partial charge in [0.1, 0.15) is 6.04 Å². The van der Waals surface area contributed by atoms with E-state index in [4.69, 9.17) is 10.5 Å². The van der Waals surface area contributed by atoms with E-state index in [2.05, 4.69) is 10.3 Å². The van der Waals surface area contributed by atoms with Crippen molar-refractivity contribution in [2.24, 2.45) is 0 Å². The molecule has 6 heteroatoms. The summed E-state index contributed by atoms with van der Waals surface area (Å²) in [5.74, 6) is -0.803. The van der Waals surface area contributed by atoms with Crippen LogP contribution in [0.5, 0.6) is 0 Å². The third-order valence-electron chi connectivity index (χ3n) is 2.94. The molecule has 0 bridgehead atoms. The number of rotatable bonds is 4. The lowest BCUT2D eigenvalue weighted by Gasteiger charge is -2.12. The van der Waals surface area contributed by atoms with Crippen LogP contribution in [0.4, 0.5) is 5.69 Å². The van der Waals surface area contributed by atoms with Crippen molar-refractivity contribution in [3.05, 3.63) is 30.0 Å². The Kier molecular flexibility index (Phi) is 3.93. The minimum Gasteiger partial charge on any atom is -0.464 e. The standard InChI is InChI=1S/C14H17N3O3/c1-3-20-14(19)8(2)17-13(18)11-7-16-12-5-4-9(15)6-10(11)12/h4-8,16H,3,15H2,1-2H3,(H,17,18). The summed E-state index contributed by atoms with van der Waals surface area (Å²) < 4.78 is 4.85. The molecule has 6 nitrogen and oxygen atoms in total. The van der Waals surface area contributed by atoms with Gasteiger partial charge in [0.05, 0.1) is 12.2 Å². The number of aromatic nitrogens is 1. The number of H-pyrrole nitrogens is 1. The van der Waals surface area contributed by atoms with E-state index < -0.39 is 12.0 Å². The van der Waals surface area contributed by atoms with Gasteiger partial charge in [-0.25, -0.2) is 4.79 Å². The Hall–Kier alpha value is -2.50. The Balaban J connectivity index is 2.19. The van der Waals surface area contributed by atoms with Crippen LogP contribution in [0.25, 0.3) is 10.9 Å². The molecule has 1 amide bonds. The van der Waals surface area contributed by atoms with Crippen molar-refractivity contribution >= 4 is 28.5 Å². The predicted molar refractivity (Wildman–Crippen MR) is 76.3 cm³/mol. The number of nitrogens with one attached hydrogen (secondary N) is 2. The third-order valence-corrected chi connectivity index (χ3v) is 2.94. The summed E-state index contributed by atoms with van der Waals surface area (Å²) in [5, 5.41) is 3.33. The second kappa shape index (κ2) is 5.64. The summed E-state index contributed by atoms with van der Waals surface area (Å²) in [5.41, 5.74) is 7.56. The second-order valence-corrected chi connectivity index (χ2v) is 4.45. The Morgan fingerprint density at radius 1 is 1.45 bits per heavy atom. The number of nitrogens with two attached hydrogens (primary N) is 1. The molecule has 1 aromatic heterocycles. The summed E-state index contributed by atoms with van der Waals surface area (Å²) in [4.78, 5) is 26.7. The van der Waals surface area contributed by atoms with Gasteiger partial charge in [0.15, 0.2) is 0 Å². The molecule has 20 heavy (non-hydrogen) atoms. The van der Waals surface area contributed by atoms with Gasteiger partial charge in [0.2, 0.25) is 0 Å². The monoisotopic (exact) mass is 275 g/mol. The van der Waals surface area contributed by atoms with Crippen LogP contribution in [-0.2, 0) is 9.53 Å². The molecule has 0 aliphatic heterocycles. The van der Waals surface area contributed by atoms with Crippen LogP contribution in [0.1, 0.15) is 24.2 Å². The molecule has 0 radical (unpaired) electrons. The lowest BCUT2D eigenvalue weighted by Crippen LogP contribution is -2.39. The number of hydrogen-bond donors (Lipinski definition) is 3. The number of hydrogen-bond acceptors (Lipinski definition) is 4. The number of nitrogen functional groups attached to an aromatic ring is 1. The summed E-state index contributed by atoms with van der Waals surface area (Å²) in [7, 11) is 0. The highest BCUT2D eigenvalue weighted by Gasteiger charge is 2.19. The van der Waals surface area contributed by atoms with Crippen LogP contribution in [-0.4, -0.2) is 29.5 Å². The van der Waals surface area contributed by atoms with Gasteiger partial charge in [-0.05, 0) is 32.0 Å². The van der Waals surface area contributed by atoms with Gasteiger partial charge in [-0.15, -0.1) is 0 Å². The number of benzene rings is 1. The average molecular weight is 275 g/mol. The molecule has 0 saturated heterocycles. The number of aromatic amines is 1. The molecule has 0 saturated carbocycles. The Morgan fingerprint density at radius 2 is 2.20 bits per heavy atom. The van der Waals surface area contributed by atoms with Crippen molar-refractivity contribution in [3.63, 3.8) is 0 Å². The first-order chi connectivity index (χ1) is 9.52. The van der Waals surface area contributed by atoms with Crippen molar-refractivity contribution < 1.29 is 14.3 Å². The van der Waals surface area contributed by atoms with Crippen LogP contribution in [0.2, 0.25) is 0 Å². The molecule has 4 N–H and O–H groups in total. The average Bonchev–Trinajstić information content (AvgIpc) is 2.81. The first kappa shape index (κ1) is 13.9. The zero-order chi connectivity index (χ0) is 14.7. The first-order valence-electron chi connectivity index (χ1n) is 6.37. The minimum atomic E-state index is -0.701. The summed E-state index contributed by atoms with van der Waals surface area (Å²) >= 11 is 0. The highest BCUT2D eigenvalue weighted by atomic mass is 16.5. The van der Waals surface area contributed by atoms with Crippen LogP contribution >= 0.6 is 0 Å². The van der Waals surface area contributed by atoms with Crippen molar-refractivity contribution in [1.82, 2.24) is 10.3 Å². The Morgan fingerprint density at radius 3 is 2.90 bits per heavy atom. The normalized spacial score (nSPS) is 12.1. The van der Waals surface area contributed by atoms with E-state index >= 15 is 0 Å². The summed E-state index contributed by atoms with van der Waals surface area (Å²) in [6.45, 7) is 3.58. The minimum absolute atomic E-state index is 0.280. The lowest BCUT2D eigenvalue weighted by molar-refractivity contribution is -0.144. The summed E-state index contributed by atoms with van der Waals surface area (Å²) in [6, 6.07) is 4.57. The van der Waals surface area contributed by atoms with Gasteiger partial charge in [-0.1, -0.05) is 0 Å². The fourth-order valence-corrected chi connectivity index (χ4v) is 1.93. The van der Waals surface area contributed by atoms with E-state index in [0.29, 0.717) is 11.3 Å². The molecule has 1 unspecified atom stereocenters. The van der Waals surface area contributed by atoms with Crippen molar-refractivity contribution in [2.45, 2.75) is 19.9 Å². The zero-order valence-corrected chi connectivity index (χ0v) is 11.4. The maximum Gasteiger partial charge on any atom is 0.328 e. The van der Waals surface area contributed by atoms with E-state index in [1.54, 1.807) is 38.2 Å². The number of esters is 1. The number of anilines is 1. The molecule has 0 fully saturated rings. The first-order valence-corrected chi connectivity index (χ1v) is 6.37. The fourth-order valence-electron chi connectivity index (χ4n) is 1.93. The Bertz CT molecular complexity index is 648. The van der Waals surface area contributed by atoms with Crippen LogP contribution in [0, 0.1) is 0 Å². The highest BCUT2D eigenvalue weighted by molar-refractivity contribution is 6.08. The molecule has 1 atom stereocenters. The largest absolute Gasteiger partial charge is 0.464 e. The van der Waals surface area contributed by atoms with Crippen molar-refractivity contribution in [3.8, 4) is 0 Å². The topological polar surface area (TPSA) is 97.2 Å². The smallest absolute Gasteiger partial charge is 0.328 e. The molecule has 106 valence electrons. The number of fused-ring (bicyclic) bond motifs is 1. The van der Waals surface area contributed by atoms with Gasteiger partial charge in [-0.2, -0.15) is 0 Å². The number of carbonyl (C=O) groups is 2. The number of carbonyl (C=O) groups excluding carboxylic acids is 2. The van der Waals surface area contributed by atoms with Crippen molar-refractivity contribution in [2.75, 3.05) is 12.3 Å². The van der Waals surface area contributed by atoms with Gasteiger partial charge < -0.3 is 20.8 Å². The number of amides is 1. The van der Waals surface area contributed by atoms with E-state index in [0.717, 1.165) is 10.9 Å². The molecule has 0 aliphatic carbocycles. The molecule has 0 spiro atoms. The molecule has 2 aromatic rings. The molecule has 1 aromatic carbocycles. The van der Waals surface area contributed by atoms with Gasteiger partial charge in [-0.3, -0.25) is 4.79 Å².